The number of carbonyl (C=O) groups is 1. The van der Waals surface area contributed by atoms with Crippen LogP contribution >= 0.6 is 0 Å². The molecule has 35 heavy (non-hydrogen) atoms. The molecule has 3 aromatic rings. The summed E-state index contributed by atoms with van der Waals surface area (Å²) in [5.74, 6) is 0.747. The van der Waals surface area contributed by atoms with Gasteiger partial charge in [0.05, 0.1) is 19.0 Å². The van der Waals surface area contributed by atoms with E-state index in [0.717, 1.165) is 30.9 Å². The van der Waals surface area contributed by atoms with Crippen LogP contribution in [0.15, 0.2) is 36.9 Å². The van der Waals surface area contributed by atoms with Crippen LogP contribution in [0.25, 0.3) is 0 Å². The van der Waals surface area contributed by atoms with Crippen LogP contribution in [-0.4, -0.2) is 57.7 Å². The minimum Gasteiger partial charge on any atom is -0.494 e. The molecule has 1 aromatic carbocycles. The van der Waals surface area contributed by atoms with Crippen LogP contribution in [0.1, 0.15) is 47.7 Å². The molecular weight excluding hydrogens is 447 g/mol. The van der Waals surface area contributed by atoms with E-state index in [0.29, 0.717) is 42.3 Å². The van der Waals surface area contributed by atoms with Crippen molar-refractivity contribution < 1.29 is 13.9 Å². The highest BCUT2D eigenvalue weighted by atomic mass is 19.1. The monoisotopic (exact) mass is 480 g/mol. The second-order valence-corrected chi connectivity index (χ2v) is 9.17. The third-order valence-corrected chi connectivity index (χ3v) is 6.54. The minimum atomic E-state index is -0.434. The number of benzene rings is 1. The van der Waals surface area contributed by atoms with Crippen molar-refractivity contribution >= 4 is 17.4 Å². The predicted octanol–water partition coefficient (Wildman–Crippen LogP) is 4.28. The number of nitrogens with one attached hydrogen (secondary N) is 1. The van der Waals surface area contributed by atoms with Gasteiger partial charge in [0.2, 0.25) is 5.95 Å². The molecule has 4 rings (SSSR count). The number of ketones is 1. The molecule has 1 aliphatic rings. The summed E-state index contributed by atoms with van der Waals surface area (Å²) in [6, 6.07) is 3.08. The van der Waals surface area contributed by atoms with Crippen molar-refractivity contribution in [2.24, 2.45) is 5.92 Å². The molecular formula is C26H33FN6O2. The topological polar surface area (TPSA) is 85.2 Å². The van der Waals surface area contributed by atoms with Gasteiger partial charge in [-0.3, -0.25) is 9.48 Å². The normalized spacial score (nSPS) is 14.7. The van der Waals surface area contributed by atoms with Crippen LogP contribution in [-0.2, 0) is 19.4 Å². The van der Waals surface area contributed by atoms with Gasteiger partial charge in [0.1, 0.15) is 0 Å². The zero-order chi connectivity index (χ0) is 24.8. The molecule has 0 spiro atoms. The van der Waals surface area contributed by atoms with Gasteiger partial charge >= 0.3 is 0 Å². The summed E-state index contributed by atoms with van der Waals surface area (Å²) in [7, 11) is 3.57. The Kier molecular flexibility index (Phi) is 8.07. The molecule has 1 saturated heterocycles. The summed E-state index contributed by atoms with van der Waals surface area (Å²) in [5, 5.41) is 7.66. The van der Waals surface area contributed by atoms with E-state index in [1.807, 2.05) is 10.9 Å². The minimum absolute atomic E-state index is 0.0435. The summed E-state index contributed by atoms with van der Waals surface area (Å²) >= 11 is 0. The van der Waals surface area contributed by atoms with Crippen molar-refractivity contribution in [1.29, 1.82) is 0 Å². The second-order valence-electron chi connectivity index (χ2n) is 9.17. The average Bonchev–Trinajstić information content (AvgIpc) is 3.31. The molecule has 0 radical (unpaired) electrons. The van der Waals surface area contributed by atoms with Gasteiger partial charge in [-0.15, -0.1) is 0 Å². The highest BCUT2D eigenvalue weighted by Crippen LogP contribution is 2.25. The number of Topliss-reactive ketones (excluding diaryl/α,β-unsaturated/α-hetero) is 1. The first-order valence-corrected chi connectivity index (χ1v) is 12.1. The van der Waals surface area contributed by atoms with E-state index in [1.54, 1.807) is 31.6 Å². The van der Waals surface area contributed by atoms with Crippen LogP contribution in [0.4, 0.5) is 16.0 Å². The second kappa shape index (κ2) is 11.4. The van der Waals surface area contributed by atoms with Gasteiger partial charge < -0.3 is 15.0 Å². The Bertz CT molecular complexity index is 1140. The Hall–Kier alpha value is -3.33. The van der Waals surface area contributed by atoms with Crippen molar-refractivity contribution in [2.75, 3.05) is 32.6 Å². The maximum atomic E-state index is 14.7. The van der Waals surface area contributed by atoms with Gasteiger partial charge in [0, 0.05) is 37.1 Å². The van der Waals surface area contributed by atoms with E-state index in [4.69, 9.17) is 4.74 Å². The number of nitrogens with zero attached hydrogens (tertiary/aromatic N) is 5. The third-order valence-electron chi connectivity index (χ3n) is 6.54. The van der Waals surface area contributed by atoms with E-state index in [1.165, 1.54) is 26.0 Å². The zero-order valence-electron chi connectivity index (χ0n) is 20.6. The Morgan fingerprint density at radius 3 is 2.60 bits per heavy atom. The first kappa shape index (κ1) is 24.8. The maximum Gasteiger partial charge on any atom is 0.227 e. The average molecular weight is 481 g/mol. The first-order valence-electron chi connectivity index (χ1n) is 12.1. The molecule has 2 aromatic heterocycles. The zero-order valence-corrected chi connectivity index (χ0v) is 20.6. The molecule has 0 atom stereocenters. The summed E-state index contributed by atoms with van der Waals surface area (Å²) in [6.07, 6.45) is 10.9. The van der Waals surface area contributed by atoms with Crippen LogP contribution in [0.5, 0.6) is 5.75 Å². The van der Waals surface area contributed by atoms with E-state index in [2.05, 4.69) is 32.3 Å². The molecule has 186 valence electrons. The number of anilines is 2. The van der Waals surface area contributed by atoms with Gasteiger partial charge in [-0.25, -0.2) is 14.4 Å². The molecule has 1 aliphatic heterocycles. The smallest absolute Gasteiger partial charge is 0.227 e. The Balaban J connectivity index is 1.34. The summed E-state index contributed by atoms with van der Waals surface area (Å²) < 4.78 is 21.8. The van der Waals surface area contributed by atoms with Crippen molar-refractivity contribution in [1.82, 2.24) is 24.6 Å². The number of rotatable bonds is 10. The van der Waals surface area contributed by atoms with Gasteiger partial charge in [-0.2, -0.15) is 5.10 Å². The van der Waals surface area contributed by atoms with Gasteiger partial charge in [0.15, 0.2) is 17.3 Å². The van der Waals surface area contributed by atoms with E-state index in [-0.39, 0.29) is 11.5 Å². The highest BCUT2D eigenvalue weighted by molar-refractivity contribution is 5.96. The number of carbonyl (C=O) groups excluding carboxylic acids is 1. The standard InChI is InChI=1S/C26H33FN6O2/c1-4-23(34)21-11-20(25(27)24(12-21)35-3)6-5-19-13-28-26(29-14-19)31-22-15-30-33(17-22)16-18-7-9-32(2)10-8-18/h11-15,17-18H,4-10,16H2,1-3H3,(H,28,29,31). The van der Waals surface area contributed by atoms with Crippen LogP contribution in [0.2, 0.25) is 0 Å². The third kappa shape index (κ3) is 6.42. The van der Waals surface area contributed by atoms with Gasteiger partial charge in [0.25, 0.3) is 0 Å². The lowest BCUT2D eigenvalue weighted by atomic mass is 9.97. The molecule has 0 bridgehead atoms. The van der Waals surface area contributed by atoms with Crippen molar-refractivity contribution in [3.05, 3.63) is 59.4 Å². The highest BCUT2D eigenvalue weighted by Gasteiger charge is 2.18. The molecule has 0 unspecified atom stereocenters. The predicted molar refractivity (Wildman–Crippen MR) is 133 cm³/mol. The summed E-state index contributed by atoms with van der Waals surface area (Å²) in [4.78, 5) is 23.3. The lowest BCUT2D eigenvalue weighted by Gasteiger charge is -2.28. The number of hydrogen-bond acceptors (Lipinski definition) is 7. The number of aromatic nitrogens is 4. The number of hydrogen-bond donors (Lipinski definition) is 1. The number of halogens is 1. The lowest BCUT2D eigenvalue weighted by Crippen LogP contribution is -2.31. The number of piperidine rings is 1. The van der Waals surface area contributed by atoms with Crippen LogP contribution in [0.3, 0.4) is 0 Å². The Labute approximate surface area is 205 Å². The molecule has 0 amide bonds. The number of methoxy groups -OCH3 is 1. The van der Waals surface area contributed by atoms with Gasteiger partial charge in [-0.05, 0) is 75.0 Å². The fraction of sp³-hybridized carbons (Fsp3) is 0.462. The summed E-state index contributed by atoms with van der Waals surface area (Å²) in [6.45, 7) is 4.98. The van der Waals surface area contributed by atoms with Crippen LogP contribution < -0.4 is 10.1 Å². The fourth-order valence-corrected chi connectivity index (χ4v) is 4.34. The quantitative estimate of drug-likeness (QED) is 0.434. The number of ether oxygens (including phenoxy) is 1. The molecule has 1 fully saturated rings. The summed E-state index contributed by atoms with van der Waals surface area (Å²) in [5.41, 5.74) is 2.63. The Morgan fingerprint density at radius 2 is 1.91 bits per heavy atom. The van der Waals surface area contributed by atoms with Crippen molar-refractivity contribution in [3.8, 4) is 5.75 Å². The number of aryl methyl sites for hydroxylation is 2. The first-order chi connectivity index (χ1) is 16.9. The molecule has 0 aliphatic carbocycles. The van der Waals surface area contributed by atoms with Crippen molar-refractivity contribution in [3.63, 3.8) is 0 Å². The molecule has 3 heterocycles. The fourth-order valence-electron chi connectivity index (χ4n) is 4.34. The Morgan fingerprint density at radius 1 is 1.17 bits per heavy atom. The molecule has 8 nitrogen and oxygen atoms in total. The molecule has 9 heteroatoms. The van der Waals surface area contributed by atoms with E-state index >= 15 is 0 Å². The van der Waals surface area contributed by atoms with E-state index in [9.17, 15) is 9.18 Å². The maximum absolute atomic E-state index is 14.7. The van der Waals surface area contributed by atoms with Crippen LogP contribution in [0, 0.1) is 11.7 Å². The lowest BCUT2D eigenvalue weighted by molar-refractivity contribution is 0.0987. The number of likely N-dealkylation sites (tertiary alicyclic amines) is 1. The van der Waals surface area contributed by atoms with E-state index < -0.39 is 5.82 Å². The van der Waals surface area contributed by atoms with Gasteiger partial charge in [-0.1, -0.05) is 6.92 Å². The SMILES string of the molecule is CCC(=O)c1cc(CCc2cnc(Nc3cnn(CC4CCN(C)CC4)c3)nc2)c(F)c(OC)c1. The molecule has 0 saturated carbocycles. The van der Waals surface area contributed by atoms with Crippen molar-refractivity contribution in [2.45, 2.75) is 45.6 Å². The largest absolute Gasteiger partial charge is 0.494 e. The molecule has 1 N–H and O–H groups in total.